The van der Waals surface area contributed by atoms with Crippen molar-refractivity contribution in [1.82, 2.24) is 10.3 Å². The van der Waals surface area contributed by atoms with Crippen LogP contribution < -0.4 is 10.2 Å². The Morgan fingerprint density at radius 1 is 1.40 bits per heavy atom. The van der Waals surface area contributed by atoms with Gasteiger partial charge in [-0.25, -0.2) is 4.98 Å². The minimum atomic E-state index is -0.163. The van der Waals surface area contributed by atoms with Gasteiger partial charge in [0.1, 0.15) is 17.6 Å². The van der Waals surface area contributed by atoms with Crippen LogP contribution in [0.1, 0.15) is 68.6 Å². The van der Waals surface area contributed by atoms with Crippen LogP contribution in [0.2, 0.25) is 0 Å². The summed E-state index contributed by atoms with van der Waals surface area (Å²) in [6.07, 6.45) is 5.11. The number of carbonyl (C=O) groups is 1. The number of aryl methyl sites for hydroxylation is 1. The summed E-state index contributed by atoms with van der Waals surface area (Å²) in [5.74, 6) is 0.472. The lowest BCUT2D eigenvalue weighted by atomic mass is 9.85. The molecule has 1 aromatic rings. The Hall–Kier alpha value is -2.35. The normalized spacial score (nSPS) is 17.6. The van der Waals surface area contributed by atoms with E-state index < -0.39 is 0 Å². The number of pyridine rings is 1. The second-order valence-corrected chi connectivity index (χ2v) is 7.57. The third kappa shape index (κ3) is 4.60. The fourth-order valence-corrected chi connectivity index (χ4v) is 3.17. The number of rotatable bonds is 3. The van der Waals surface area contributed by atoms with E-state index >= 15 is 0 Å². The number of aromatic nitrogens is 1. The van der Waals surface area contributed by atoms with Gasteiger partial charge < -0.3 is 10.2 Å². The second-order valence-electron chi connectivity index (χ2n) is 7.57. The molecule has 5 heteroatoms. The molecule has 1 aliphatic rings. The molecule has 0 atom stereocenters. The molecule has 1 amide bonds. The Morgan fingerprint density at radius 2 is 2.12 bits per heavy atom. The molecule has 25 heavy (non-hydrogen) atoms. The molecule has 0 radical (unpaired) electrons. The van der Waals surface area contributed by atoms with Crippen LogP contribution in [0.4, 0.5) is 5.82 Å². The molecule has 0 unspecified atom stereocenters. The van der Waals surface area contributed by atoms with Crippen molar-refractivity contribution in [3.8, 4) is 6.07 Å². The Bertz CT molecular complexity index is 728. The molecule has 1 aromatic heterocycles. The number of hydrogen-bond acceptors (Lipinski definition) is 4. The van der Waals surface area contributed by atoms with E-state index in [0.717, 1.165) is 43.6 Å². The van der Waals surface area contributed by atoms with E-state index in [2.05, 4.69) is 35.1 Å². The lowest BCUT2D eigenvalue weighted by Gasteiger charge is -2.26. The van der Waals surface area contributed by atoms with Crippen molar-refractivity contribution in [2.24, 2.45) is 5.41 Å². The van der Waals surface area contributed by atoms with Crippen LogP contribution >= 0.6 is 0 Å². The number of allylic oxidation sites excluding steroid dienone is 2. The number of anilines is 1. The topological polar surface area (TPSA) is 69.0 Å². The van der Waals surface area contributed by atoms with Gasteiger partial charge in [-0.2, -0.15) is 5.26 Å². The summed E-state index contributed by atoms with van der Waals surface area (Å²) in [7, 11) is 0. The smallest absolute Gasteiger partial charge is 0.259 e. The molecule has 2 rings (SSSR count). The molecule has 0 aliphatic carbocycles. The van der Waals surface area contributed by atoms with Gasteiger partial charge in [0.05, 0.1) is 5.56 Å². The number of nitriles is 1. The van der Waals surface area contributed by atoms with Gasteiger partial charge in [-0.05, 0) is 57.1 Å². The van der Waals surface area contributed by atoms with Crippen molar-refractivity contribution in [3.63, 3.8) is 0 Å². The number of nitrogens with zero attached hydrogens (tertiary/aromatic N) is 3. The van der Waals surface area contributed by atoms with Crippen molar-refractivity contribution >= 4 is 11.7 Å². The summed E-state index contributed by atoms with van der Waals surface area (Å²) in [5, 5.41) is 12.2. The van der Waals surface area contributed by atoms with E-state index in [1.165, 1.54) is 0 Å². The van der Waals surface area contributed by atoms with Crippen LogP contribution in [0.3, 0.4) is 0 Å². The monoisotopic (exact) mass is 340 g/mol. The minimum absolute atomic E-state index is 0.163. The average Bonchev–Trinajstić information content (AvgIpc) is 2.74. The summed E-state index contributed by atoms with van der Waals surface area (Å²) in [6, 6.07) is 3.80. The summed E-state index contributed by atoms with van der Waals surface area (Å²) < 4.78 is 0. The molecule has 1 aliphatic heterocycles. The highest BCUT2D eigenvalue weighted by molar-refractivity contribution is 6.01. The minimum Gasteiger partial charge on any atom is -0.356 e. The van der Waals surface area contributed by atoms with Crippen molar-refractivity contribution in [2.45, 2.75) is 53.9 Å². The van der Waals surface area contributed by atoms with Gasteiger partial charge in [-0.3, -0.25) is 4.79 Å². The first kappa shape index (κ1) is 19.0. The van der Waals surface area contributed by atoms with E-state index in [-0.39, 0.29) is 5.91 Å². The van der Waals surface area contributed by atoms with E-state index in [1.54, 1.807) is 6.07 Å². The highest BCUT2D eigenvalue weighted by Gasteiger charge is 2.27. The van der Waals surface area contributed by atoms with Crippen LogP contribution in [0, 0.1) is 23.7 Å². The summed E-state index contributed by atoms with van der Waals surface area (Å²) in [5.41, 5.74) is 2.80. The van der Waals surface area contributed by atoms with Crippen molar-refractivity contribution in [2.75, 3.05) is 18.0 Å². The van der Waals surface area contributed by atoms with Crippen LogP contribution in [0.5, 0.6) is 0 Å². The lowest BCUT2D eigenvalue weighted by molar-refractivity contribution is 0.0965. The molecule has 1 saturated heterocycles. The SMILES string of the molecule is C/C=C(\C)NC(=O)c1c(C)cc(C#N)nc1N1CCCC(C)(C)CC1. The number of amides is 1. The van der Waals surface area contributed by atoms with Gasteiger partial charge in [0, 0.05) is 18.8 Å². The van der Waals surface area contributed by atoms with Crippen LogP contribution in [-0.4, -0.2) is 24.0 Å². The van der Waals surface area contributed by atoms with Crippen molar-refractivity contribution < 1.29 is 4.79 Å². The van der Waals surface area contributed by atoms with Crippen LogP contribution in [0.15, 0.2) is 17.8 Å². The predicted octanol–water partition coefficient (Wildman–Crippen LogP) is 3.93. The van der Waals surface area contributed by atoms with E-state index in [1.807, 2.05) is 26.8 Å². The number of carbonyl (C=O) groups excluding carboxylic acids is 1. The number of nitrogens with one attached hydrogen (secondary N) is 1. The maximum Gasteiger partial charge on any atom is 0.259 e. The molecule has 5 nitrogen and oxygen atoms in total. The zero-order chi connectivity index (χ0) is 18.6. The third-order valence-electron chi connectivity index (χ3n) is 4.92. The molecule has 2 heterocycles. The average molecular weight is 340 g/mol. The largest absolute Gasteiger partial charge is 0.356 e. The van der Waals surface area contributed by atoms with Gasteiger partial charge in [0.2, 0.25) is 0 Å². The first-order chi connectivity index (χ1) is 11.8. The first-order valence-electron chi connectivity index (χ1n) is 8.88. The highest BCUT2D eigenvalue weighted by Crippen LogP contribution is 2.33. The van der Waals surface area contributed by atoms with Gasteiger partial charge in [-0.15, -0.1) is 0 Å². The molecule has 0 spiro atoms. The predicted molar refractivity (Wildman–Crippen MR) is 100 cm³/mol. The molecule has 0 aromatic carbocycles. The Morgan fingerprint density at radius 3 is 2.76 bits per heavy atom. The summed E-state index contributed by atoms with van der Waals surface area (Å²) >= 11 is 0. The lowest BCUT2D eigenvalue weighted by Crippen LogP contribution is -2.31. The zero-order valence-electron chi connectivity index (χ0n) is 15.9. The standard InChI is InChI=1S/C20H28N4O/c1-6-15(3)22-19(25)17-14(2)12-16(13-21)23-18(17)24-10-7-8-20(4,5)9-11-24/h6,12H,7-11H2,1-5H3,(H,22,25)/b15-6+. The number of hydrogen-bond donors (Lipinski definition) is 1. The van der Waals surface area contributed by atoms with E-state index in [4.69, 9.17) is 0 Å². The zero-order valence-corrected chi connectivity index (χ0v) is 15.9. The molecular formula is C20H28N4O. The molecule has 134 valence electrons. The molecular weight excluding hydrogens is 312 g/mol. The Labute approximate surface area is 150 Å². The summed E-state index contributed by atoms with van der Waals surface area (Å²) in [4.78, 5) is 19.5. The molecule has 0 saturated carbocycles. The fourth-order valence-electron chi connectivity index (χ4n) is 3.17. The van der Waals surface area contributed by atoms with Gasteiger partial charge in [0.15, 0.2) is 0 Å². The van der Waals surface area contributed by atoms with Gasteiger partial charge >= 0.3 is 0 Å². The molecule has 1 N–H and O–H groups in total. The van der Waals surface area contributed by atoms with E-state index in [0.29, 0.717) is 22.5 Å². The molecule has 1 fully saturated rings. The molecule has 0 bridgehead atoms. The summed E-state index contributed by atoms with van der Waals surface area (Å²) in [6.45, 7) is 11.9. The maximum atomic E-state index is 12.8. The van der Waals surface area contributed by atoms with Crippen molar-refractivity contribution in [3.05, 3.63) is 34.7 Å². The van der Waals surface area contributed by atoms with Gasteiger partial charge in [-0.1, -0.05) is 19.9 Å². The first-order valence-corrected chi connectivity index (χ1v) is 8.88. The Balaban J connectivity index is 2.46. The fraction of sp³-hybridized carbons (Fsp3) is 0.550. The quantitative estimate of drug-likeness (QED) is 0.905. The third-order valence-corrected chi connectivity index (χ3v) is 4.92. The Kier molecular flexibility index (Phi) is 5.84. The maximum absolute atomic E-state index is 12.8. The highest BCUT2D eigenvalue weighted by atomic mass is 16.1. The van der Waals surface area contributed by atoms with Crippen LogP contribution in [-0.2, 0) is 0 Å². The second kappa shape index (κ2) is 7.69. The van der Waals surface area contributed by atoms with Crippen molar-refractivity contribution in [1.29, 1.82) is 5.26 Å². The van der Waals surface area contributed by atoms with Gasteiger partial charge in [0.25, 0.3) is 5.91 Å². The van der Waals surface area contributed by atoms with Crippen LogP contribution in [0.25, 0.3) is 0 Å². The van der Waals surface area contributed by atoms with E-state index in [9.17, 15) is 10.1 Å².